The Morgan fingerprint density at radius 3 is 2.48 bits per heavy atom. The first-order valence-corrected chi connectivity index (χ1v) is 7.47. The number of benzene rings is 1. The third-order valence-electron chi connectivity index (χ3n) is 4.59. The van der Waals surface area contributed by atoms with Crippen LogP contribution < -0.4 is 10.6 Å². The SMILES string of the molecule is CC1CCCCC1N(C)c1ccc(C(F)(F)F)c(CN)c1. The number of halogens is 3. The Labute approximate surface area is 124 Å². The van der Waals surface area contributed by atoms with E-state index in [-0.39, 0.29) is 12.1 Å². The largest absolute Gasteiger partial charge is 0.416 e. The first-order valence-electron chi connectivity index (χ1n) is 7.47. The lowest BCUT2D eigenvalue weighted by Gasteiger charge is -2.38. The van der Waals surface area contributed by atoms with Crippen molar-refractivity contribution in [2.75, 3.05) is 11.9 Å². The van der Waals surface area contributed by atoms with Crippen molar-refractivity contribution in [3.8, 4) is 0 Å². The molecule has 118 valence electrons. The minimum Gasteiger partial charge on any atom is -0.371 e. The number of nitrogens with two attached hydrogens (primary N) is 1. The topological polar surface area (TPSA) is 29.3 Å². The normalized spacial score (nSPS) is 23.1. The van der Waals surface area contributed by atoms with E-state index in [2.05, 4.69) is 11.8 Å². The summed E-state index contributed by atoms with van der Waals surface area (Å²) in [5, 5.41) is 0. The van der Waals surface area contributed by atoms with E-state index >= 15 is 0 Å². The van der Waals surface area contributed by atoms with Gasteiger partial charge in [0.2, 0.25) is 0 Å². The van der Waals surface area contributed by atoms with Gasteiger partial charge in [-0.1, -0.05) is 19.8 Å². The summed E-state index contributed by atoms with van der Waals surface area (Å²) in [6.45, 7) is 2.12. The van der Waals surface area contributed by atoms with Gasteiger partial charge in [0.1, 0.15) is 0 Å². The zero-order valence-corrected chi connectivity index (χ0v) is 12.6. The second-order valence-electron chi connectivity index (χ2n) is 5.98. The van der Waals surface area contributed by atoms with Crippen molar-refractivity contribution in [3.05, 3.63) is 29.3 Å². The third kappa shape index (κ3) is 3.51. The van der Waals surface area contributed by atoms with E-state index in [0.29, 0.717) is 12.0 Å². The molecule has 0 bridgehead atoms. The molecule has 0 saturated heterocycles. The van der Waals surface area contributed by atoms with Gasteiger partial charge in [-0.15, -0.1) is 0 Å². The van der Waals surface area contributed by atoms with Crippen molar-refractivity contribution < 1.29 is 13.2 Å². The van der Waals surface area contributed by atoms with Gasteiger partial charge in [-0.2, -0.15) is 13.2 Å². The molecule has 1 fully saturated rings. The van der Waals surface area contributed by atoms with Crippen LogP contribution in [0.25, 0.3) is 0 Å². The van der Waals surface area contributed by atoms with Crippen molar-refractivity contribution in [1.82, 2.24) is 0 Å². The Kier molecular flexibility index (Phi) is 4.81. The van der Waals surface area contributed by atoms with Gasteiger partial charge in [-0.05, 0) is 42.5 Å². The lowest BCUT2D eigenvalue weighted by atomic mass is 9.85. The molecule has 2 unspecified atom stereocenters. The van der Waals surface area contributed by atoms with Crippen molar-refractivity contribution in [1.29, 1.82) is 0 Å². The van der Waals surface area contributed by atoms with Gasteiger partial charge in [-0.3, -0.25) is 0 Å². The summed E-state index contributed by atoms with van der Waals surface area (Å²) in [7, 11) is 1.97. The minimum absolute atomic E-state index is 0.100. The molecule has 2 N–H and O–H groups in total. The van der Waals surface area contributed by atoms with Gasteiger partial charge in [0.15, 0.2) is 0 Å². The van der Waals surface area contributed by atoms with E-state index in [1.807, 2.05) is 7.05 Å². The molecule has 1 aliphatic rings. The summed E-state index contributed by atoms with van der Waals surface area (Å²) in [4.78, 5) is 2.11. The molecule has 1 saturated carbocycles. The summed E-state index contributed by atoms with van der Waals surface area (Å²) in [6, 6.07) is 4.69. The zero-order valence-electron chi connectivity index (χ0n) is 12.6. The Bertz CT molecular complexity index is 485. The number of hydrogen-bond donors (Lipinski definition) is 1. The van der Waals surface area contributed by atoms with E-state index in [0.717, 1.165) is 18.2 Å². The molecule has 1 aromatic rings. The predicted octanol–water partition coefficient (Wildman–Crippen LogP) is 4.18. The number of nitrogens with zero attached hydrogens (tertiary/aromatic N) is 1. The van der Waals surface area contributed by atoms with Crippen molar-refractivity contribution in [2.24, 2.45) is 11.7 Å². The van der Waals surface area contributed by atoms with Crippen LogP contribution in [0.4, 0.5) is 18.9 Å². The molecular formula is C16H23F3N2. The van der Waals surface area contributed by atoms with Crippen LogP contribution in [0.2, 0.25) is 0 Å². The van der Waals surface area contributed by atoms with E-state index < -0.39 is 11.7 Å². The monoisotopic (exact) mass is 300 g/mol. The molecule has 0 aliphatic heterocycles. The molecule has 0 spiro atoms. The molecule has 0 heterocycles. The third-order valence-corrected chi connectivity index (χ3v) is 4.59. The average molecular weight is 300 g/mol. The number of anilines is 1. The van der Waals surface area contributed by atoms with Gasteiger partial charge in [0.25, 0.3) is 0 Å². The zero-order chi connectivity index (χ0) is 15.6. The maximum Gasteiger partial charge on any atom is 0.416 e. The van der Waals surface area contributed by atoms with E-state index in [1.165, 1.54) is 19.3 Å². The molecule has 2 nitrogen and oxygen atoms in total. The van der Waals surface area contributed by atoms with Crippen LogP contribution in [0, 0.1) is 5.92 Å². The van der Waals surface area contributed by atoms with E-state index in [1.54, 1.807) is 12.1 Å². The highest BCUT2D eigenvalue weighted by Crippen LogP contribution is 2.35. The molecule has 5 heteroatoms. The molecule has 1 aliphatic carbocycles. The Morgan fingerprint density at radius 2 is 1.90 bits per heavy atom. The van der Waals surface area contributed by atoms with Crippen LogP contribution in [-0.4, -0.2) is 13.1 Å². The lowest BCUT2D eigenvalue weighted by Crippen LogP contribution is -2.39. The molecular weight excluding hydrogens is 277 g/mol. The van der Waals surface area contributed by atoms with E-state index in [9.17, 15) is 13.2 Å². The molecule has 0 radical (unpaired) electrons. The van der Waals surface area contributed by atoms with Gasteiger partial charge in [0, 0.05) is 25.3 Å². The Hall–Kier alpha value is -1.23. The fourth-order valence-electron chi connectivity index (χ4n) is 3.31. The minimum atomic E-state index is -4.34. The first-order chi connectivity index (χ1) is 9.84. The highest BCUT2D eigenvalue weighted by Gasteiger charge is 2.33. The number of alkyl halides is 3. The maximum absolute atomic E-state index is 12.9. The molecule has 21 heavy (non-hydrogen) atoms. The molecule has 2 rings (SSSR count). The second kappa shape index (κ2) is 6.26. The molecule has 0 amide bonds. The number of hydrogen-bond acceptors (Lipinski definition) is 2. The lowest BCUT2D eigenvalue weighted by molar-refractivity contribution is -0.138. The van der Waals surface area contributed by atoms with Crippen LogP contribution in [0.1, 0.15) is 43.7 Å². The summed E-state index contributed by atoms with van der Waals surface area (Å²) < 4.78 is 38.7. The first kappa shape index (κ1) is 16.1. The predicted molar refractivity (Wildman–Crippen MR) is 79.2 cm³/mol. The average Bonchev–Trinajstić information content (AvgIpc) is 2.45. The Balaban J connectivity index is 2.28. The van der Waals surface area contributed by atoms with Crippen LogP contribution in [0.3, 0.4) is 0 Å². The highest BCUT2D eigenvalue weighted by molar-refractivity contribution is 5.52. The van der Waals surface area contributed by atoms with Crippen LogP contribution in [0.5, 0.6) is 0 Å². The summed E-state index contributed by atoms with van der Waals surface area (Å²) in [5.74, 6) is 0.562. The molecule has 0 aromatic heterocycles. The van der Waals surface area contributed by atoms with E-state index in [4.69, 9.17) is 5.73 Å². The fourth-order valence-corrected chi connectivity index (χ4v) is 3.31. The quantitative estimate of drug-likeness (QED) is 0.907. The number of rotatable bonds is 3. The van der Waals surface area contributed by atoms with Gasteiger partial charge >= 0.3 is 6.18 Å². The summed E-state index contributed by atoms with van der Waals surface area (Å²) in [6.07, 6.45) is 0.357. The standard InChI is InChI=1S/C16H23F3N2/c1-11-5-3-4-6-15(11)21(2)13-7-8-14(16(17,18)19)12(9-13)10-20/h7-9,11,15H,3-6,10,20H2,1-2H3. The van der Waals surface area contributed by atoms with Gasteiger partial charge in [0.05, 0.1) is 5.56 Å². The smallest absolute Gasteiger partial charge is 0.371 e. The Morgan fingerprint density at radius 1 is 1.24 bits per heavy atom. The van der Waals surface area contributed by atoms with Crippen molar-refractivity contribution in [3.63, 3.8) is 0 Å². The van der Waals surface area contributed by atoms with Crippen molar-refractivity contribution >= 4 is 5.69 Å². The molecule has 1 aromatic carbocycles. The van der Waals surface area contributed by atoms with Crippen molar-refractivity contribution in [2.45, 2.75) is 51.4 Å². The maximum atomic E-state index is 12.9. The van der Waals surface area contributed by atoms with Crippen LogP contribution >= 0.6 is 0 Å². The van der Waals surface area contributed by atoms with Crippen LogP contribution in [-0.2, 0) is 12.7 Å². The second-order valence-corrected chi connectivity index (χ2v) is 5.98. The summed E-state index contributed by atoms with van der Waals surface area (Å²) in [5.41, 5.74) is 5.86. The summed E-state index contributed by atoms with van der Waals surface area (Å²) >= 11 is 0. The highest BCUT2D eigenvalue weighted by atomic mass is 19.4. The fraction of sp³-hybridized carbons (Fsp3) is 0.625. The van der Waals surface area contributed by atoms with Gasteiger partial charge in [-0.25, -0.2) is 0 Å². The molecule has 2 atom stereocenters. The van der Waals surface area contributed by atoms with Crippen LogP contribution in [0.15, 0.2) is 18.2 Å². The van der Waals surface area contributed by atoms with Gasteiger partial charge < -0.3 is 10.6 Å².